The number of phenolic OH excluding ortho intramolecular Hbond substituents is 1. The van der Waals surface area contributed by atoms with Gasteiger partial charge in [-0.05, 0) is 36.8 Å². The molecule has 2 aromatic carbocycles. The van der Waals surface area contributed by atoms with E-state index in [0.29, 0.717) is 22.3 Å². The number of benzene rings is 2. The van der Waals surface area contributed by atoms with Gasteiger partial charge in [0.05, 0.1) is 30.6 Å². The number of ether oxygens (including phenoxy) is 3. The van der Waals surface area contributed by atoms with Crippen LogP contribution in [0.3, 0.4) is 0 Å². The highest BCUT2D eigenvalue weighted by Gasteiger charge is 2.45. The van der Waals surface area contributed by atoms with E-state index in [4.69, 9.17) is 18.6 Å². The Kier molecular flexibility index (Phi) is 4.43. The molecule has 4 rings (SSSR count). The molecule has 7 nitrogen and oxygen atoms in total. The molecule has 0 saturated carbocycles. The molecule has 0 radical (unpaired) electrons. The Bertz CT molecular complexity index is 1120. The first-order valence-electron chi connectivity index (χ1n) is 8.81. The third-order valence-electron chi connectivity index (χ3n) is 4.74. The summed E-state index contributed by atoms with van der Waals surface area (Å²) in [5.41, 5.74) is 0.506. The number of rotatable bonds is 4. The van der Waals surface area contributed by atoms with Gasteiger partial charge >= 0.3 is 11.6 Å². The summed E-state index contributed by atoms with van der Waals surface area (Å²) in [6.07, 6.45) is -1.07. The largest absolute Gasteiger partial charge is 0.504 e. The lowest BCUT2D eigenvalue weighted by Gasteiger charge is -2.18. The van der Waals surface area contributed by atoms with Crippen LogP contribution in [0.5, 0.6) is 17.2 Å². The van der Waals surface area contributed by atoms with Crippen LogP contribution in [0.2, 0.25) is 0 Å². The van der Waals surface area contributed by atoms with Crippen LogP contribution in [0.4, 0.5) is 0 Å². The summed E-state index contributed by atoms with van der Waals surface area (Å²) in [6, 6.07) is 11.6. The number of carbonyl (C=O) groups is 1. The van der Waals surface area contributed by atoms with E-state index in [0.717, 1.165) is 0 Å². The van der Waals surface area contributed by atoms with Crippen molar-refractivity contribution in [3.05, 3.63) is 64.0 Å². The van der Waals surface area contributed by atoms with Gasteiger partial charge < -0.3 is 23.7 Å². The van der Waals surface area contributed by atoms with E-state index in [1.54, 1.807) is 43.3 Å². The van der Waals surface area contributed by atoms with Crippen LogP contribution in [0.15, 0.2) is 51.7 Å². The maximum Gasteiger partial charge on any atom is 0.348 e. The molecule has 0 saturated heterocycles. The lowest BCUT2D eigenvalue weighted by molar-refractivity contribution is -0.151. The number of esters is 1. The van der Waals surface area contributed by atoms with Crippen molar-refractivity contribution < 1.29 is 28.5 Å². The van der Waals surface area contributed by atoms with Crippen LogP contribution in [0, 0.1) is 0 Å². The summed E-state index contributed by atoms with van der Waals surface area (Å²) < 4.78 is 21.6. The van der Waals surface area contributed by atoms with Crippen molar-refractivity contribution in [3.63, 3.8) is 0 Å². The molecule has 1 N–H and O–H groups in total. The molecule has 144 valence electrons. The number of methoxy groups -OCH3 is 1. The first-order chi connectivity index (χ1) is 13.5. The highest BCUT2D eigenvalue weighted by atomic mass is 16.6. The van der Waals surface area contributed by atoms with Crippen molar-refractivity contribution in [1.82, 2.24) is 0 Å². The smallest absolute Gasteiger partial charge is 0.348 e. The van der Waals surface area contributed by atoms with Crippen LogP contribution in [0.1, 0.15) is 24.0 Å². The second-order valence-corrected chi connectivity index (χ2v) is 6.33. The van der Waals surface area contributed by atoms with Gasteiger partial charge in [0.1, 0.15) is 11.3 Å². The van der Waals surface area contributed by atoms with E-state index in [1.807, 2.05) is 0 Å². The van der Waals surface area contributed by atoms with Crippen LogP contribution in [-0.2, 0) is 9.53 Å². The van der Waals surface area contributed by atoms with E-state index in [9.17, 15) is 14.7 Å². The molecule has 0 bridgehead atoms. The normalized spacial score (nSPS) is 17.8. The van der Waals surface area contributed by atoms with Gasteiger partial charge in [-0.25, -0.2) is 9.59 Å². The SMILES string of the molecule is CCOC(=O)[C@@H]1Oc2c(c(=O)oc3ccccc23)[C@H]1c1ccc(OC)c(O)c1. The van der Waals surface area contributed by atoms with Crippen molar-refractivity contribution in [1.29, 1.82) is 0 Å². The number of hydrogen-bond acceptors (Lipinski definition) is 7. The minimum absolute atomic E-state index is 0.110. The minimum atomic E-state index is -1.07. The Morgan fingerprint density at radius 1 is 1.21 bits per heavy atom. The molecule has 0 fully saturated rings. The van der Waals surface area contributed by atoms with E-state index >= 15 is 0 Å². The summed E-state index contributed by atoms with van der Waals surface area (Å²) in [7, 11) is 1.44. The molecule has 1 aliphatic rings. The predicted molar refractivity (Wildman–Crippen MR) is 100 cm³/mol. The van der Waals surface area contributed by atoms with Gasteiger partial charge in [-0.2, -0.15) is 0 Å². The van der Waals surface area contributed by atoms with E-state index in [1.165, 1.54) is 13.2 Å². The summed E-state index contributed by atoms with van der Waals surface area (Å²) in [6.45, 7) is 1.86. The highest BCUT2D eigenvalue weighted by Crippen LogP contribution is 2.45. The first kappa shape index (κ1) is 17.9. The van der Waals surface area contributed by atoms with Crippen molar-refractivity contribution >= 4 is 16.9 Å². The second-order valence-electron chi connectivity index (χ2n) is 6.33. The second kappa shape index (κ2) is 6.92. The minimum Gasteiger partial charge on any atom is -0.504 e. The molecule has 2 atom stereocenters. The number of carbonyl (C=O) groups excluding carboxylic acids is 1. The van der Waals surface area contributed by atoms with E-state index in [2.05, 4.69) is 0 Å². The quantitative estimate of drug-likeness (QED) is 0.547. The lowest BCUT2D eigenvalue weighted by atomic mass is 9.88. The molecule has 7 heteroatoms. The van der Waals surface area contributed by atoms with Gasteiger partial charge in [0, 0.05) is 0 Å². The van der Waals surface area contributed by atoms with Gasteiger partial charge in [0.25, 0.3) is 0 Å². The number of aromatic hydroxyl groups is 1. The topological polar surface area (TPSA) is 95.2 Å². The Balaban J connectivity index is 1.94. The van der Waals surface area contributed by atoms with Gasteiger partial charge in [0.2, 0.25) is 6.10 Å². The van der Waals surface area contributed by atoms with Crippen molar-refractivity contribution in [2.24, 2.45) is 0 Å². The highest BCUT2D eigenvalue weighted by molar-refractivity contribution is 5.88. The lowest BCUT2D eigenvalue weighted by Crippen LogP contribution is -2.32. The Morgan fingerprint density at radius 2 is 2.00 bits per heavy atom. The van der Waals surface area contributed by atoms with Crippen LogP contribution >= 0.6 is 0 Å². The van der Waals surface area contributed by atoms with Crippen LogP contribution in [-0.4, -0.2) is 30.9 Å². The fourth-order valence-corrected chi connectivity index (χ4v) is 3.53. The molecule has 1 aromatic heterocycles. The molecule has 2 heterocycles. The summed E-state index contributed by atoms with van der Waals surface area (Å²) in [4.78, 5) is 25.3. The van der Waals surface area contributed by atoms with Crippen molar-refractivity contribution in [2.45, 2.75) is 18.9 Å². The van der Waals surface area contributed by atoms with Crippen LogP contribution < -0.4 is 15.1 Å². The summed E-state index contributed by atoms with van der Waals surface area (Å²) >= 11 is 0. The number of hydrogen-bond donors (Lipinski definition) is 1. The first-order valence-corrected chi connectivity index (χ1v) is 8.81. The molecule has 1 aliphatic heterocycles. The Labute approximate surface area is 160 Å². The standard InChI is InChI=1S/C21H18O7/c1-3-26-21(24)19-16(11-8-9-15(25-2)13(22)10-11)17-18(28-19)12-6-4-5-7-14(12)27-20(17)23/h4-10,16,19,22H,3H2,1-2H3/t16-,19-/m1/s1. The van der Waals surface area contributed by atoms with Gasteiger partial charge in [0.15, 0.2) is 11.5 Å². The summed E-state index contributed by atoms with van der Waals surface area (Å²) in [5, 5.41) is 10.8. The molecular formula is C21H18O7. The summed E-state index contributed by atoms with van der Waals surface area (Å²) in [5.74, 6) is -0.915. The van der Waals surface area contributed by atoms with Gasteiger partial charge in [-0.15, -0.1) is 0 Å². The molecule has 28 heavy (non-hydrogen) atoms. The fraction of sp³-hybridized carbons (Fsp3) is 0.238. The van der Waals surface area contributed by atoms with E-state index in [-0.39, 0.29) is 23.7 Å². The maximum absolute atomic E-state index is 12.8. The fourth-order valence-electron chi connectivity index (χ4n) is 3.53. The van der Waals surface area contributed by atoms with Crippen molar-refractivity contribution in [2.75, 3.05) is 13.7 Å². The van der Waals surface area contributed by atoms with Crippen molar-refractivity contribution in [3.8, 4) is 17.2 Å². The molecule has 3 aromatic rings. The zero-order chi connectivity index (χ0) is 19.8. The monoisotopic (exact) mass is 382 g/mol. The molecule has 0 spiro atoms. The van der Waals surface area contributed by atoms with Gasteiger partial charge in [-0.3, -0.25) is 0 Å². The molecule has 0 aliphatic carbocycles. The Hall–Kier alpha value is -3.48. The maximum atomic E-state index is 12.8. The third kappa shape index (κ3) is 2.76. The molecule has 0 unspecified atom stereocenters. The van der Waals surface area contributed by atoms with E-state index < -0.39 is 23.6 Å². The van der Waals surface area contributed by atoms with Crippen LogP contribution in [0.25, 0.3) is 11.0 Å². The third-order valence-corrected chi connectivity index (χ3v) is 4.74. The average Bonchev–Trinajstić information content (AvgIpc) is 3.10. The predicted octanol–water partition coefficient (Wildman–Crippen LogP) is 2.96. The molecular weight excluding hydrogens is 364 g/mol. The zero-order valence-electron chi connectivity index (χ0n) is 15.3. The van der Waals surface area contributed by atoms with Gasteiger partial charge in [-0.1, -0.05) is 18.2 Å². The Morgan fingerprint density at radius 3 is 2.71 bits per heavy atom. The number of para-hydroxylation sites is 1. The average molecular weight is 382 g/mol. The number of phenols is 1. The molecule has 0 amide bonds. The zero-order valence-corrected chi connectivity index (χ0v) is 15.3. The number of fused-ring (bicyclic) bond motifs is 3.